The van der Waals surface area contributed by atoms with E-state index in [9.17, 15) is 0 Å². The van der Waals surface area contributed by atoms with Gasteiger partial charge in [0.25, 0.3) is 0 Å². The van der Waals surface area contributed by atoms with E-state index in [0.29, 0.717) is 6.04 Å². The molecule has 0 aliphatic carbocycles. The summed E-state index contributed by atoms with van der Waals surface area (Å²) in [7, 11) is 0. The first kappa shape index (κ1) is 17.4. The average molecular weight is 339 g/mol. The van der Waals surface area contributed by atoms with Crippen molar-refractivity contribution in [3.8, 4) is 5.82 Å². The second-order valence-electron chi connectivity index (χ2n) is 6.58. The summed E-state index contributed by atoms with van der Waals surface area (Å²) in [5.74, 6) is 1.74. The molecule has 3 rings (SSSR count). The highest BCUT2D eigenvalue weighted by Crippen LogP contribution is 2.21. The van der Waals surface area contributed by atoms with Crippen molar-refractivity contribution < 1.29 is 4.52 Å². The molecule has 2 atom stereocenters. The van der Waals surface area contributed by atoms with Crippen LogP contribution in [-0.4, -0.2) is 26.0 Å². The number of nitrogens with zero attached hydrogens (tertiary/aromatic N) is 4. The SMILES string of the molecule is Cc1noc(C)c1C[C@H](C)N[C@@H](C)c1cnn(-c2ccccn2)c1C. The number of hydrogen-bond donors (Lipinski definition) is 1. The molecule has 3 aromatic rings. The standard InChI is InChI=1S/C19H25N5O/c1-12(10-17-14(3)23-25-16(17)5)22-13(2)18-11-21-24(15(18)4)19-8-6-7-9-20-19/h6-9,11-13,22H,10H2,1-5H3/t12-,13-/m0/s1. The van der Waals surface area contributed by atoms with E-state index in [1.807, 2.05) is 42.9 Å². The van der Waals surface area contributed by atoms with Gasteiger partial charge >= 0.3 is 0 Å². The maximum atomic E-state index is 5.26. The molecule has 0 spiro atoms. The van der Waals surface area contributed by atoms with Crippen LogP contribution in [0.4, 0.5) is 0 Å². The second-order valence-corrected chi connectivity index (χ2v) is 6.58. The summed E-state index contributed by atoms with van der Waals surface area (Å²) in [5, 5.41) is 12.2. The van der Waals surface area contributed by atoms with Gasteiger partial charge in [0, 0.05) is 35.1 Å². The van der Waals surface area contributed by atoms with Crippen LogP contribution in [0, 0.1) is 20.8 Å². The number of rotatable bonds is 6. The lowest BCUT2D eigenvalue weighted by molar-refractivity contribution is 0.391. The third-order valence-electron chi connectivity index (χ3n) is 4.61. The fourth-order valence-electron chi connectivity index (χ4n) is 3.23. The van der Waals surface area contributed by atoms with Crippen LogP contribution in [0.5, 0.6) is 0 Å². The number of nitrogens with one attached hydrogen (secondary N) is 1. The van der Waals surface area contributed by atoms with Crippen LogP contribution in [0.1, 0.15) is 48.2 Å². The summed E-state index contributed by atoms with van der Waals surface area (Å²) in [6.07, 6.45) is 4.59. The van der Waals surface area contributed by atoms with Crippen LogP contribution in [0.3, 0.4) is 0 Å². The van der Waals surface area contributed by atoms with Crippen LogP contribution in [0.2, 0.25) is 0 Å². The topological polar surface area (TPSA) is 68.8 Å². The minimum atomic E-state index is 0.188. The van der Waals surface area contributed by atoms with Crippen molar-refractivity contribution in [2.24, 2.45) is 0 Å². The number of hydrogen-bond acceptors (Lipinski definition) is 5. The zero-order valence-corrected chi connectivity index (χ0v) is 15.4. The van der Waals surface area contributed by atoms with Crippen LogP contribution in [-0.2, 0) is 6.42 Å². The summed E-state index contributed by atoms with van der Waals surface area (Å²) in [6, 6.07) is 6.32. The van der Waals surface area contributed by atoms with Crippen LogP contribution < -0.4 is 5.32 Å². The first-order chi connectivity index (χ1) is 12.0. The first-order valence-corrected chi connectivity index (χ1v) is 8.61. The molecule has 3 aromatic heterocycles. The highest BCUT2D eigenvalue weighted by atomic mass is 16.5. The van der Waals surface area contributed by atoms with Crippen molar-refractivity contribution in [3.05, 3.63) is 58.9 Å². The lowest BCUT2D eigenvalue weighted by Crippen LogP contribution is -2.31. The van der Waals surface area contributed by atoms with E-state index in [2.05, 4.69) is 41.3 Å². The van der Waals surface area contributed by atoms with E-state index in [4.69, 9.17) is 4.52 Å². The Balaban J connectivity index is 1.71. The molecule has 0 saturated carbocycles. The Bertz CT molecular complexity index is 817. The normalized spacial score (nSPS) is 13.8. The summed E-state index contributed by atoms with van der Waals surface area (Å²) >= 11 is 0. The van der Waals surface area contributed by atoms with Gasteiger partial charge in [-0.15, -0.1) is 0 Å². The first-order valence-electron chi connectivity index (χ1n) is 8.61. The lowest BCUT2D eigenvalue weighted by Gasteiger charge is -2.20. The fourth-order valence-corrected chi connectivity index (χ4v) is 3.23. The van der Waals surface area contributed by atoms with Gasteiger partial charge in [-0.3, -0.25) is 0 Å². The summed E-state index contributed by atoms with van der Waals surface area (Å²) in [5.41, 5.74) is 4.44. The molecule has 0 unspecified atom stereocenters. The molecular weight excluding hydrogens is 314 g/mol. The molecule has 0 aromatic carbocycles. The summed E-state index contributed by atoms with van der Waals surface area (Å²) in [6.45, 7) is 10.4. The van der Waals surface area contributed by atoms with Crippen LogP contribution >= 0.6 is 0 Å². The van der Waals surface area contributed by atoms with E-state index >= 15 is 0 Å². The van der Waals surface area contributed by atoms with E-state index in [1.54, 1.807) is 6.20 Å². The summed E-state index contributed by atoms with van der Waals surface area (Å²) < 4.78 is 7.14. The molecule has 0 amide bonds. The Kier molecular flexibility index (Phi) is 4.99. The van der Waals surface area contributed by atoms with Gasteiger partial charge in [0.2, 0.25) is 0 Å². The molecule has 132 valence electrons. The Morgan fingerprint density at radius 2 is 2.00 bits per heavy atom. The van der Waals surface area contributed by atoms with E-state index < -0.39 is 0 Å². The van der Waals surface area contributed by atoms with Gasteiger partial charge in [-0.2, -0.15) is 5.10 Å². The smallest absolute Gasteiger partial charge is 0.153 e. The minimum absolute atomic E-state index is 0.188. The molecule has 0 radical (unpaired) electrons. The molecule has 0 fully saturated rings. The van der Waals surface area contributed by atoms with Gasteiger partial charge in [0.05, 0.1) is 11.9 Å². The number of pyridine rings is 1. The maximum Gasteiger partial charge on any atom is 0.153 e. The molecule has 0 bridgehead atoms. The predicted molar refractivity (Wildman–Crippen MR) is 96.8 cm³/mol. The van der Waals surface area contributed by atoms with Crippen LogP contribution in [0.15, 0.2) is 35.1 Å². The molecule has 6 nitrogen and oxygen atoms in total. The van der Waals surface area contributed by atoms with Gasteiger partial charge in [-0.25, -0.2) is 9.67 Å². The molecule has 0 saturated heterocycles. The van der Waals surface area contributed by atoms with Crippen LogP contribution in [0.25, 0.3) is 5.82 Å². The van der Waals surface area contributed by atoms with E-state index in [1.165, 1.54) is 11.1 Å². The molecule has 1 N–H and O–H groups in total. The van der Waals surface area contributed by atoms with Crippen molar-refractivity contribution >= 4 is 0 Å². The second kappa shape index (κ2) is 7.19. The highest BCUT2D eigenvalue weighted by molar-refractivity contribution is 5.30. The van der Waals surface area contributed by atoms with Crippen molar-refractivity contribution in [3.63, 3.8) is 0 Å². The molecule has 25 heavy (non-hydrogen) atoms. The van der Waals surface area contributed by atoms with Crippen molar-refractivity contribution in [2.75, 3.05) is 0 Å². The molecule has 3 heterocycles. The monoisotopic (exact) mass is 339 g/mol. The Morgan fingerprint density at radius 1 is 1.20 bits per heavy atom. The zero-order chi connectivity index (χ0) is 18.0. The third-order valence-corrected chi connectivity index (χ3v) is 4.61. The Labute approximate surface area is 148 Å². The molecular formula is C19H25N5O. The molecule has 0 aliphatic rings. The maximum absolute atomic E-state index is 5.26. The molecule has 6 heteroatoms. The number of aromatic nitrogens is 4. The van der Waals surface area contributed by atoms with Gasteiger partial charge in [0.15, 0.2) is 5.82 Å². The van der Waals surface area contributed by atoms with E-state index in [0.717, 1.165) is 29.4 Å². The third kappa shape index (κ3) is 3.64. The van der Waals surface area contributed by atoms with E-state index in [-0.39, 0.29) is 6.04 Å². The van der Waals surface area contributed by atoms with Gasteiger partial charge < -0.3 is 9.84 Å². The highest BCUT2D eigenvalue weighted by Gasteiger charge is 2.18. The fraction of sp³-hybridized carbons (Fsp3) is 0.421. The average Bonchev–Trinajstić information content (AvgIpc) is 3.13. The van der Waals surface area contributed by atoms with Crippen molar-refractivity contribution in [1.29, 1.82) is 0 Å². The Hall–Kier alpha value is -2.47. The summed E-state index contributed by atoms with van der Waals surface area (Å²) in [4.78, 5) is 4.38. The van der Waals surface area contributed by atoms with Gasteiger partial charge in [-0.05, 0) is 53.2 Å². The number of aryl methyl sites for hydroxylation is 2. The predicted octanol–water partition coefficient (Wildman–Crippen LogP) is 3.46. The van der Waals surface area contributed by atoms with Crippen molar-refractivity contribution in [1.82, 2.24) is 25.2 Å². The molecule has 0 aliphatic heterocycles. The zero-order valence-electron chi connectivity index (χ0n) is 15.4. The quantitative estimate of drug-likeness (QED) is 0.745. The lowest BCUT2D eigenvalue weighted by atomic mass is 10.0. The van der Waals surface area contributed by atoms with Gasteiger partial charge in [-0.1, -0.05) is 11.2 Å². The van der Waals surface area contributed by atoms with Gasteiger partial charge in [0.1, 0.15) is 5.76 Å². The minimum Gasteiger partial charge on any atom is -0.361 e. The Morgan fingerprint density at radius 3 is 2.64 bits per heavy atom. The largest absolute Gasteiger partial charge is 0.361 e. The van der Waals surface area contributed by atoms with Crippen molar-refractivity contribution in [2.45, 2.75) is 53.1 Å².